The molecule has 0 radical (unpaired) electrons. The van der Waals surface area contributed by atoms with Crippen LogP contribution in [0, 0.1) is 0 Å². The Morgan fingerprint density at radius 1 is 0.722 bits per heavy atom. The van der Waals surface area contributed by atoms with Gasteiger partial charge in [-0.05, 0) is 60.2 Å². The van der Waals surface area contributed by atoms with E-state index in [4.69, 9.17) is 19.9 Å². The van der Waals surface area contributed by atoms with E-state index in [-0.39, 0.29) is 32.8 Å². The van der Waals surface area contributed by atoms with Crippen LogP contribution in [0.2, 0.25) is 0 Å². The predicted octanol–water partition coefficient (Wildman–Crippen LogP) is 2.69. The summed E-state index contributed by atoms with van der Waals surface area (Å²) >= 11 is 0. The maximum absolute atomic E-state index is 8.89. The minimum atomic E-state index is -1.08. The molecule has 0 aliphatic heterocycles. The van der Waals surface area contributed by atoms with Crippen molar-refractivity contribution in [2.75, 3.05) is 0 Å². The number of imidazole rings is 2. The van der Waals surface area contributed by atoms with E-state index < -0.39 is 5.97 Å². The summed E-state index contributed by atoms with van der Waals surface area (Å²) in [7, 11) is 0. The van der Waals surface area contributed by atoms with E-state index in [0.29, 0.717) is 5.82 Å². The molecule has 0 saturated carbocycles. The number of hydrogen-bond acceptors (Lipinski definition) is 6. The van der Waals surface area contributed by atoms with Crippen LogP contribution in [0.25, 0.3) is 56.5 Å². The molecule has 0 amide bonds. The topological polar surface area (TPSA) is 155 Å². The summed E-state index contributed by atoms with van der Waals surface area (Å²) in [5, 5.41) is 8.89. The van der Waals surface area contributed by atoms with Crippen LogP contribution < -0.4 is 10.1 Å². The first kappa shape index (κ1) is 26.6. The number of carboxylic acid groups (broad SMARTS) is 1. The van der Waals surface area contributed by atoms with Crippen molar-refractivity contribution in [1.82, 2.24) is 29.9 Å². The third kappa shape index (κ3) is 5.81. The van der Waals surface area contributed by atoms with Crippen LogP contribution >= 0.6 is 0 Å². The van der Waals surface area contributed by atoms with Gasteiger partial charge in [-0.3, -0.25) is 0 Å². The molecule has 6 rings (SSSR count). The van der Waals surface area contributed by atoms with Crippen LogP contribution in [0.15, 0.2) is 84.9 Å². The summed E-state index contributed by atoms with van der Waals surface area (Å²) in [6.45, 7) is 0.972. The number of nitrogens with zero attached hydrogens (tertiary/aromatic N) is 5. The molecule has 6 aromatic rings. The Morgan fingerprint density at radius 3 is 1.94 bits per heavy atom. The number of benzene rings is 2. The van der Waals surface area contributed by atoms with Gasteiger partial charge in [-0.1, -0.05) is 48.5 Å². The summed E-state index contributed by atoms with van der Waals surface area (Å²) in [5.41, 5.74) is 6.66. The standard InChI is InChI=1S/C24H15N6.C2H4O2.Cd.H2O/c1-2-8-18-17(7-1)27-23(28-18)21-13-5-11-15(25-21)16-12-6-14-22(26-16)24-29-19-9-3-4-10-20(19)30-24;1-2(3)4;;/h1-14H,(H-,27,28,29,30);1H3,(H,3,4);;1H2/q-1;;+2;. The predicted molar refractivity (Wildman–Crippen MR) is 132 cm³/mol. The van der Waals surface area contributed by atoms with Gasteiger partial charge in [-0.15, -0.1) is 0 Å². The second kappa shape index (κ2) is 11.6. The number of hydrogen-bond donors (Lipinski definition) is 1. The van der Waals surface area contributed by atoms with Crippen molar-refractivity contribution in [1.29, 1.82) is 0 Å². The number of para-hydroxylation sites is 4. The van der Waals surface area contributed by atoms with E-state index in [1.165, 1.54) is 0 Å². The quantitative estimate of drug-likeness (QED) is 0.250. The third-order valence-electron chi connectivity index (χ3n) is 4.96. The molecule has 0 spiro atoms. The summed E-state index contributed by atoms with van der Waals surface area (Å²) in [5.74, 6) is 0.270. The minimum Gasteiger partial charge on any atom is -0.550 e. The van der Waals surface area contributed by atoms with Crippen molar-refractivity contribution in [2.24, 2.45) is 0 Å². The van der Waals surface area contributed by atoms with E-state index in [2.05, 4.69) is 19.9 Å². The number of carboxylic acids is 1. The van der Waals surface area contributed by atoms with E-state index in [1.807, 2.05) is 84.9 Å². The minimum absolute atomic E-state index is 0. The van der Waals surface area contributed by atoms with E-state index >= 15 is 0 Å². The Bertz CT molecular complexity index is 1440. The van der Waals surface area contributed by atoms with Crippen molar-refractivity contribution >= 4 is 28.0 Å². The molecule has 0 saturated heterocycles. The van der Waals surface area contributed by atoms with Crippen molar-refractivity contribution in [2.45, 2.75) is 6.92 Å². The third-order valence-corrected chi connectivity index (χ3v) is 4.96. The molecule has 174 valence electrons. The number of fused-ring (bicyclic) bond motifs is 2. The average molecular weight is 578 g/mol. The van der Waals surface area contributed by atoms with Crippen molar-refractivity contribution in [3.05, 3.63) is 84.9 Å². The van der Waals surface area contributed by atoms with Crippen LogP contribution in [0.4, 0.5) is 0 Å². The Kier molecular flexibility index (Phi) is 8.61. The van der Waals surface area contributed by atoms with Gasteiger partial charge >= 0.3 is 27.3 Å². The Morgan fingerprint density at radius 2 is 1.28 bits per heavy atom. The first-order valence-corrected chi connectivity index (χ1v) is 10.5. The number of aromatic amines is 1. The van der Waals surface area contributed by atoms with Crippen molar-refractivity contribution in [3.63, 3.8) is 0 Å². The smallest absolute Gasteiger partial charge is 0.550 e. The molecule has 4 N–H and O–H groups in total. The molecule has 0 atom stereocenters. The molecule has 0 aliphatic rings. The summed E-state index contributed by atoms with van der Waals surface area (Å²) < 4.78 is 0. The number of nitrogens with one attached hydrogen (secondary N) is 1. The van der Waals surface area contributed by atoms with E-state index in [9.17, 15) is 0 Å². The number of rotatable bonds is 3. The molecule has 0 fully saturated rings. The number of H-pyrrole nitrogens is 1. The van der Waals surface area contributed by atoms with Crippen LogP contribution in [0.3, 0.4) is 0 Å². The zero-order chi connectivity index (χ0) is 23.5. The van der Waals surface area contributed by atoms with E-state index in [1.54, 1.807) is 0 Å². The molecule has 4 heterocycles. The fourth-order valence-corrected chi connectivity index (χ4v) is 3.51. The normalized spacial score (nSPS) is 10.1. The molecular formula is C26H21CdN6O3+. The molecule has 0 unspecified atom stereocenters. The fraction of sp³-hybridized carbons (Fsp3) is 0.0385. The molecule has 10 heteroatoms. The van der Waals surface area contributed by atoms with Crippen molar-refractivity contribution < 1.29 is 42.7 Å². The maximum Gasteiger partial charge on any atom is 2.00 e. The van der Waals surface area contributed by atoms with Crippen LogP contribution in [0.1, 0.15) is 6.92 Å². The molecule has 36 heavy (non-hydrogen) atoms. The fourth-order valence-electron chi connectivity index (χ4n) is 3.51. The van der Waals surface area contributed by atoms with Gasteiger partial charge in [0.15, 0.2) is 5.82 Å². The Hall–Kier alpha value is -3.97. The summed E-state index contributed by atoms with van der Waals surface area (Å²) in [4.78, 5) is 35.6. The molecule has 9 nitrogen and oxygen atoms in total. The zero-order valence-corrected chi connectivity index (χ0v) is 23.5. The van der Waals surface area contributed by atoms with Gasteiger partial charge in [-0.25, -0.2) is 15.0 Å². The SMILES string of the molecule is CC(=O)[O-].[Cd+2].[OH3+].c1cc(-c2cccc(-c3nc4ccccc4[nH]3)n2)nc(-c2nc3ccccc3[n-]2)c1. The number of aromatic nitrogens is 6. The second-order valence-electron chi connectivity index (χ2n) is 7.45. The van der Waals surface area contributed by atoms with Crippen molar-refractivity contribution in [3.8, 4) is 34.4 Å². The first-order chi connectivity index (χ1) is 16.6. The Balaban J connectivity index is 0.000000563. The molecule has 0 aliphatic carbocycles. The molecular weight excluding hydrogens is 557 g/mol. The number of aliphatic carboxylic acids is 1. The van der Waals surface area contributed by atoms with Crippen LogP contribution in [-0.4, -0.2) is 30.9 Å². The van der Waals surface area contributed by atoms with Gasteiger partial charge in [0.05, 0.1) is 28.1 Å². The second-order valence-corrected chi connectivity index (χ2v) is 7.45. The first-order valence-electron chi connectivity index (χ1n) is 10.5. The monoisotopic (exact) mass is 579 g/mol. The average Bonchev–Trinajstić information content (AvgIpc) is 3.48. The summed E-state index contributed by atoms with van der Waals surface area (Å²) in [6.07, 6.45) is 0. The van der Waals surface area contributed by atoms with E-state index in [0.717, 1.165) is 57.6 Å². The van der Waals surface area contributed by atoms with Gasteiger partial charge < -0.3 is 30.3 Å². The summed E-state index contributed by atoms with van der Waals surface area (Å²) in [6, 6.07) is 27.4. The zero-order valence-electron chi connectivity index (χ0n) is 19.4. The van der Waals surface area contributed by atoms with Gasteiger partial charge in [-0.2, -0.15) is 0 Å². The number of pyridine rings is 2. The van der Waals surface area contributed by atoms with Gasteiger partial charge in [0.1, 0.15) is 5.69 Å². The number of carbonyl (C=O) groups is 1. The van der Waals surface area contributed by atoms with Crippen LogP contribution in [-0.2, 0) is 37.6 Å². The molecule has 2 aromatic carbocycles. The van der Waals surface area contributed by atoms with Gasteiger partial charge in [0.2, 0.25) is 0 Å². The number of carbonyl (C=O) groups excluding carboxylic acids is 1. The molecule has 0 bridgehead atoms. The largest absolute Gasteiger partial charge is 2.00 e. The van der Waals surface area contributed by atoms with Gasteiger partial charge in [0, 0.05) is 5.97 Å². The molecule has 4 aromatic heterocycles. The van der Waals surface area contributed by atoms with Gasteiger partial charge in [0.25, 0.3) is 0 Å². The Labute approximate surface area is 226 Å². The van der Waals surface area contributed by atoms with Crippen LogP contribution in [0.5, 0.6) is 0 Å². The maximum atomic E-state index is 8.89.